The third kappa shape index (κ3) is 6.36. The first kappa shape index (κ1) is 27.0. The van der Waals surface area contributed by atoms with Gasteiger partial charge in [-0.1, -0.05) is 24.3 Å². The number of methoxy groups -OCH3 is 1. The third-order valence-corrected chi connectivity index (χ3v) is 8.54. The molecular formula is C28H35N5O5S. The molecule has 11 heteroatoms. The average Bonchev–Trinajstić information content (AvgIpc) is 3.71. The summed E-state index contributed by atoms with van der Waals surface area (Å²) < 4.78 is 38.4. The second-order valence-electron chi connectivity index (χ2n) is 10.1. The Morgan fingerprint density at radius 1 is 1.08 bits per heavy atom. The molecule has 1 N–H and O–H groups in total. The second-order valence-corrected chi connectivity index (χ2v) is 12.1. The normalized spacial score (nSPS) is 16.2. The van der Waals surface area contributed by atoms with Gasteiger partial charge >= 0.3 is 0 Å². The number of nitrogens with zero attached hydrogens (tertiary/aromatic N) is 4. The van der Waals surface area contributed by atoms with Crippen LogP contribution in [0.5, 0.6) is 11.5 Å². The van der Waals surface area contributed by atoms with Gasteiger partial charge in [-0.25, -0.2) is 8.42 Å². The molecule has 0 radical (unpaired) electrons. The number of carbonyl (C=O) groups excluding carboxylic acids is 1. The highest BCUT2D eigenvalue weighted by molar-refractivity contribution is 7.88. The molecule has 2 aliphatic rings. The lowest BCUT2D eigenvalue weighted by molar-refractivity contribution is 0.0941. The maximum absolute atomic E-state index is 12.8. The van der Waals surface area contributed by atoms with Gasteiger partial charge in [0.2, 0.25) is 10.0 Å². The van der Waals surface area contributed by atoms with Gasteiger partial charge in [0.05, 0.1) is 19.1 Å². The van der Waals surface area contributed by atoms with Crippen LogP contribution in [0.3, 0.4) is 0 Å². The van der Waals surface area contributed by atoms with Crippen LogP contribution in [-0.2, 0) is 30.2 Å². The van der Waals surface area contributed by atoms with E-state index in [4.69, 9.17) is 9.47 Å². The maximum Gasteiger partial charge on any atom is 0.269 e. The number of anilines is 1. The predicted octanol–water partition coefficient (Wildman–Crippen LogP) is 2.90. The van der Waals surface area contributed by atoms with Gasteiger partial charge in [-0.2, -0.15) is 9.40 Å². The minimum atomic E-state index is -3.15. The number of amides is 1. The second kappa shape index (κ2) is 11.3. The molecule has 2 heterocycles. The van der Waals surface area contributed by atoms with Crippen molar-refractivity contribution >= 4 is 21.6 Å². The fourth-order valence-corrected chi connectivity index (χ4v) is 5.66. The number of carbonyl (C=O) groups is 1. The molecular weight excluding hydrogens is 518 g/mol. The molecule has 3 aromatic rings. The van der Waals surface area contributed by atoms with E-state index in [1.54, 1.807) is 18.8 Å². The van der Waals surface area contributed by atoms with Gasteiger partial charge in [0.1, 0.15) is 12.3 Å². The number of rotatable bonds is 10. The van der Waals surface area contributed by atoms with Crippen molar-refractivity contribution in [1.29, 1.82) is 0 Å². The summed E-state index contributed by atoms with van der Waals surface area (Å²) in [7, 11) is 0.237. The zero-order valence-corrected chi connectivity index (χ0v) is 23.4. The van der Waals surface area contributed by atoms with Crippen molar-refractivity contribution in [2.75, 3.05) is 44.4 Å². The highest BCUT2D eigenvalue weighted by atomic mass is 32.2. The van der Waals surface area contributed by atoms with Crippen LogP contribution in [0.2, 0.25) is 0 Å². The van der Waals surface area contributed by atoms with Crippen LogP contribution in [0.25, 0.3) is 0 Å². The molecule has 1 saturated carbocycles. The van der Waals surface area contributed by atoms with Gasteiger partial charge in [0.15, 0.2) is 11.5 Å². The van der Waals surface area contributed by atoms with E-state index in [1.165, 1.54) is 10.6 Å². The maximum atomic E-state index is 12.8. The number of hydrogen-bond acceptors (Lipinski definition) is 7. The van der Waals surface area contributed by atoms with E-state index >= 15 is 0 Å². The standard InChI is InChI=1S/C28H35N5O5S/c1-31-25(17-24(30-31)21-9-10-21)28(34)29-18-22-5-4-6-26(27(22)37-2)38-19-20-7-11-23(12-8-20)32-13-15-33(16-14-32)39(3,35)36/h4-8,11-12,17,21H,9-10,13-16,18-19H2,1-3H3,(H,29,34). The molecule has 0 spiro atoms. The molecule has 5 rings (SSSR count). The first-order chi connectivity index (χ1) is 18.7. The molecule has 0 bridgehead atoms. The summed E-state index contributed by atoms with van der Waals surface area (Å²) in [6, 6.07) is 15.6. The summed E-state index contributed by atoms with van der Waals surface area (Å²) in [6.45, 7) is 2.95. The number of aryl methyl sites for hydroxylation is 1. The zero-order chi connectivity index (χ0) is 27.6. The molecule has 0 unspecified atom stereocenters. The Morgan fingerprint density at radius 3 is 2.44 bits per heavy atom. The Labute approximate surface area is 229 Å². The minimum absolute atomic E-state index is 0.178. The SMILES string of the molecule is COc1c(CNC(=O)c2cc(C3CC3)nn2C)cccc1OCc1ccc(N2CCN(S(C)(=O)=O)CC2)cc1. The topological polar surface area (TPSA) is 106 Å². The molecule has 1 aliphatic heterocycles. The molecule has 1 saturated heterocycles. The Balaban J connectivity index is 1.17. The smallest absolute Gasteiger partial charge is 0.269 e. The lowest BCUT2D eigenvalue weighted by Gasteiger charge is -2.34. The monoisotopic (exact) mass is 553 g/mol. The van der Waals surface area contributed by atoms with E-state index in [9.17, 15) is 13.2 Å². The van der Waals surface area contributed by atoms with Gasteiger partial charge in [0.25, 0.3) is 5.91 Å². The first-order valence-electron chi connectivity index (χ1n) is 13.1. The van der Waals surface area contributed by atoms with Crippen LogP contribution in [0, 0.1) is 0 Å². The molecule has 10 nitrogen and oxygen atoms in total. The predicted molar refractivity (Wildman–Crippen MR) is 149 cm³/mol. The Kier molecular flexibility index (Phi) is 7.81. The van der Waals surface area contributed by atoms with E-state index < -0.39 is 10.0 Å². The van der Waals surface area contributed by atoms with E-state index in [-0.39, 0.29) is 5.91 Å². The molecule has 0 atom stereocenters. The fraction of sp³-hybridized carbons (Fsp3) is 0.429. The fourth-order valence-electron chi connectivity index (χ4n) is 4.83. The lowest BCUT2D eigenvalue weighted by atomic mass is 10.1. The lowest BCUT2D eigenvalue weighted by Crippen LogP contribution is -2.48. The van der Waals surface area contributed by atoms with Gasteiger partial charge in [-0.05, 0) is 42.7 Å². The van der Waals surface area contributed by atoms with Crippen LogP contribution >= 0.6 is 0 Å². The summed E-state index contributed by atoms with van der Waals surface area (Å²) in [5, 5.41) is 7.45. The van der Waals surface area contributed by atoms with Crippen LogP contribution in [0.4, 0.5) is 5.69 Å². The number of hydrogen-bond donors (Lipinski definition) is 1. The zero-order valence-electron chi connectivity index (χ0n) is 22.6. The Bertz CT molecular complexity index is 1430. The summed E-state index contributed by atoms with van der Waals surface area (Å²) >= 11 is 0. The van der Waals surface area contributed by atoms with Crippen molar-refractivity contribution in [3.05, 3.63) is 71.0 Å². The van der Waals surface area contributed by atoms with Gasteiger partial charge in [0, 0.05) is 56.9 Å². The van der Waals surface area contributed by atoms with Gasteiger partial charge in [-0.15, -0.1) is 0 Å². The molecule has 208 valence electrons. The van der Waals surface area contributed by atoms with E-state index in [2.05, 4.69) is 15.3 Å². The van der Waals surface area contributed by atoms with Gasteiger partial charge in [-0.3, -0.25) is 9.48 Å². The summed E-state index contributed by atoms with van der Waals surface area (Å²) in [5.74, 6) is 1.49. The molecule has 1 amide bonds. The average molecular weight is 554 g/mol. The summed E-state index contributed by atoms with van der Waals surface area (Å²) in [4.78, 5) is 15.0. The molecule has 1 aliphatic carbocycles. The number of ether oxygens (including phenoxy) is 2. The minimum Gasteiger partial charge on any atom is -0.493 e. The van der Waals surface area contributed by atoms with Crippen molar-refractivity contribution in [1.82, 2.24) is 19.4 Å². The van der Waals surface area contributed by atoms with Crippen LogP contribution in [0.15, 0.2) is 48.5 Å². The Hall–Kier alpha value is -3.57. The number of nitrogens with one attached hydrogen (secondary N) is 1. The highest BCUT2D eigenvalue weighted by Crippen LogP contribution is 2.39. The van der Waals surface area contributed by atoms with Gasteiger partial charge < -0.3 is 19.7 Å². The highest BCUT2D eigenvalue weighted by Gasteiger charge is 2.28. The van der Waals surface area contributed by atoms with Crippen LogP contribution < -0.4 is 19.7 Å². The number of piperazine rings is 1. The van der Waals surface area contributed by atoms with Crippen molar-refractivity contribution in [2.45, 2.75) is 31.9 Å². The molecule has 39 heavy (non-hydrogen) atoms. The van der Waals surface area contributed by atoms with Crippen molar-refractivity contribution in [3.63, 3.8) is 0 Å². The number of sulfonamides is 1. The molecule has 2 fully saturated rings. The number of benzene rings is 2. The van der Waals surface area contributed by atoms with Crippen LogP contribution in [0.1, 0.15) is 46.1 Å². The summed E-state index contributed by atoms with van der Waals surface area (Å²) in [6.07, 6.45) is 3.53. The third-order valence-electron chi connectivity index (χ3n) is 7.23. The summed E-state index contributed by atoms with van der Waals surface area (Å²) in [5.41, 5.74) is 4.40. The number of para-hydroxylation sites is 1. The Morgan fingerprint density at radius 2 is 1.79 bits per heavy atom. The van der Waals surface area contributed by atoms with E-state index in [0.29, 0.717) is 62.4 Å². The molecule has 1 aromatic heterocycles. The largest absolute Gasteiger partial charge is 0.493 e. The van der Waals surface area contributed by atoms with Crippen LogP contribution in [-0.4, -0.2) is 68.0 Å². The number of aromatic nitrogens is 2. The van der Waals surface area contributed by atoms with Crippen molar-refractivity contribution in [3.8, 4) is 11.5 Å². The first-order valence-corrected chi connectivity index (χ1v) is 15.0. The van der Waals surface area contributed by atoms with E-state index in [0.717, 1.165) is 35.3 Å². The van der Waals surface area contributed by atoms with E-state index in [1.807, 2.05) is 48.5 Å². The molecule has 2 aromatic carbocycles. The van der Waals surface area contributed by atoms with Crippen molar-refractivity contribution in [2.24, 2.45) is 7.05 Å². The van der Waals surface area contributed by atoms with Crippen molar-refractivity contribution < 1.29 is 22.7 Å². The quantitative estimate of drug-likeness (QED) is 0.412.